The second kappa shape index (κ2) is 4.90. The van der Waals surface area contributed by atoms with Gasteiger partial charge in [-0.2, -0.15) is 5.10 Å². The zero-order chi connectivity index (χ0) is 12.4. The van der Waals surface area contributed by atoms with Crippen LogP contribution in [0, 0.1) is 6.92 Å². The fourth-order valence-electron chi connectivity index (χ4n) is 1.82. The SMILES string of the molecule is Cc1ccn(-c2cc(Cl)ccc2CC(C)N)n1. The summed E-state index contributed by atoms with van der Waals surface area (Å²) in [5.74, 6) is 0. The highest BCUT2D eigenvalue weighted by molar-refractivity contribution is 6.30. The lowest BCUT2D eigenvalue weighted by atomic mass is 10.1. The van der Waals surface area contributed by atoms with Gasteiger partial charge < -0.3 is 5.73 Å². The van der Waals surface area contributed by atoms with E-state index in [0.717, 1.165) is 23.4 Å². The summed E-state index contributed by atoms with van der Waals surface area (Å²) >= 11 is 6.04. The monoisotopic (exact) mass is 249 g/mol. The molecule has 3 nitrogen and oxygen atoms in total. The van der Waals surface area contributed by atoms with Gasteiger partial charge in [-0.1, -0.05) is 17.7 Å². The number of benzene rings is 1. The minimum absolute atomic E-state index is 0.117. The highest BCUT2D eigenvalue weighted by Gasteiger charge is 2.08. The number of rotatable bonds is 3. The molecule has 0 aliphatic carbocycles. The van der Waals surface area contributed by atoms with Gasteiger partial charge in [-0.25, -0.2) is 4.68 Å². The molecule has 17 heavy (non-hydrogen) atoms. The highest BCUT2D eigenvalue weighted by atomic mass is 35.5. The lowest BCUT2D eigenvalue weighted by molar-refractivity contribution is 0.727. The molecule has 1 aromatic heterocycles. The number of hydrogen-bond acceptors (Lipinski definition) is 2. The molecule has 0 amide bonds. The van der Waals surface area contributed by atoms with E-state index in [1.165, 1.54) is 0 Å². The highest BCUT2D eigenvalue weighted by Crippen LogP contribution is 2.21. The maximum absolute atomic E-state index is 6.04. The number of aryl methyl sites for hydroxylation is 1. The second-order valence-electron chi connectivity index (χ2n) is 4.36. The van der Waals surface area contributed by atoms with E-state index in [0.29, 0.717) is 5.02 Å². The number of hydrogen-bond donors (Lipinski definition) is 1. The van der Waals surface area contributed by atoms with Crippen molar-refractivity contribution in [3.05, 3.63) is 46.7 Å². The molecule has 0 fully saturated rings. The molecule has 0 bridgehead atoms. The Morgan fingerprint density at radius 2 is 2.18 bits per heavy atom. The molecule has 0 saturated carbocycles. The fraction of sp³-hybridized carbons (Fsp3) is 0.308. The molecule has 1 atom stereocenters. The zero-order valence-corrected chi connectivity index (χ0v) is 10.8. The molecule has 1 heterocycles. The fourth-order valence-corrected chi connectivity index (χ4v) is 1.99. The summed E-state index contributed by atoms with van der Waals surface area (Å²) in [4.78, 5) is 0. The average molecular weight is 250 g/mol. The van der Waals surface area contributed by atoms with Crippen molar-refractivity contribution >= 4 is 11.6 Å². The van der Waals surface area contributed by atoms with Crippen LogP contribution in [0.3, 0.4) is 0 Å². The molecular formula is C13H16ClN3. The molecule has 0 aliphatic heterocycles. The van der Waals surface area contributed by atoms with Gasteiger partial charge in [0, 0.05) is 17.3 Å². The Hall–Kier alpha value is -1.32. The Bertz CT molecular complexity index is 517. The van der Waals surface area contributed by atoms with E-state index in [-0.39, 0.29) is 6.04 Å². The summed E-state index contributed by atoms with van der Waals surface area (Å²) in [7, 11) is 0. The van der Waals surface area contributed by atoms with Crippen LogP contribution in [0.2, 0.25) is 5.02 Å². The number of nitrogens with zero attached hydrogens (tertiary/aromatic N) is 2. The van der Waals surface area contributed by atoms with Crippen molar-refractivity contribution in [2.45, 2.75) is 26.3 Å². The van der Waals surface area contributed by atoms with Crippen LogP contribution < -0.4 is 5.73 Å². The Morgan fingerprint density at radius 1 is 1.41 bits per heavy atom. The molecule has 4 heteroatoms. The van der Waals surface area contributed by atoms with E-state index in [1.807, 2.05) is 49.0 Å². The number of halogens is 1. The molecular weight excluding hydrogens is 234 g/mol. The molecule has 90 valence electrons. The van der Waals surface area contributed by atoms with Gasteiger partial charge in [-0.15, -0.1) is 0 Å². The molecule has 1 aromatic carbocycles. The van der Waals surface area contributed by atoms with Gasteiger partial charge in [-0.3, -0.25) is 0 Å². The van der Waals surface area contributed by atoms with Crippen molar-refractivity contribution in [3.8, 4) is 5.69 Å². The Morgan fingerprint density at radius 3 is 2.76 bits per heavy atom. The zero-order valence-electron chi connectivity index (χ0n) is 10.0. The van der Waals surface area contributed by atoms with Crippen molar-refractivity contribution < 1.29 is 0 Å². The average Bonchev–Trinajstić information content (AvgIpc) is 2.67. The molecule has 2 N–H and O–H groups in total. The molecule has 0 radical (unpaired) electrons. The van der Waals surface area contributed by atoms with Crippen molar-refractivity contribution in [2.24, 2.45) is 5.73 Å². The summed E-state index contributed by atoms with van der Waals surface area (Å²) in [6, 6.07) is 7.91. The first-order valence-corrected chi connectivity index (χ1v) is 6.00. The van der Waals surface area contributed by atoms with Gasteiger partial charge >= 0.3 is 0 Å². The summed E-state index contributed by atoms with van der Waals surface area (Å²) in [5.41, 5.74) is 9.00. The predicted molar refractivity (Wildman–Crippen MR) is 70.7 cm³/mol. The van der Waals surface area contributed by atoms with E-state index in [1.54, 1.807) is 0 Å². The smallest absolute Gasteiger partial charge is 0.0693 e. The van der Waals surface area contributed by atoms with Crippen LogP contribution in [-0.4, -0.2) is 15.8 Å². The minimum Gasteiger partial charge on any atom is -0.328 e. The molecule has 2 rings (SSSR count). The Kier molecular flexibility index (Phi) is 3.50. The van der Waals surface area contributed by atoms with Gasteiger partial charge in [0.15, 0.2) is 0 Å². The van der Waals surface area contributed by atoms with Gasteiger partial charge in [0.05, 0.1) is 11.4 Å². The van der Waals surface area contributed by atoms with Crippen LogP contribution in [0.25, 0.3) is 5.69 Å². The van der Waals surface area contributed by atoms with E-state index >= 15 is 0 Å². The third-order valence-corrected chi connectivity index (χ3v) is 2.79. The molecule has 1 unspecified atom stereocenters. The molecule has 0 spiro atoms. The first-order chi connectivity index (χ1) is 8.06. The van der Waals surface area contributed by atoms with Crippen molar-refractivity contribution in [3.63, 3.8) is 0 Å². The van der Waals surface area contributed by atoms with Gasteiger partial charge in [0.1, 0.15) is 0 Å². The van der Waals surface area contributed by atoms with Crippen molar-refractivity contribution in [1.82, 2.24) is 9.78 Å². The quantitative estimate of drug-likeness (QED) is 0.909. The van der Waals surface area contributed by atoms with Gasteiger partial charge in [0.2, 0.25) is 0 Å². The summed E-state index contributed by atoms with van der Waals surface area (Å²) in [5, 5.41) is 5.12. The summed E-state index contributed by atoms with van der Waals surface area (Å²) < 4.78 is 1.85. The number of aromatic nitrogens is 2. The van der Waals surface area contributed by atoms with E-state index in [2.05, 4.69) is 5.10 Å². The standard InChI is InChI=1S/C13H16ClN3/c1-9(15)7-11-3-4-12(14)8-13(11)17-6-5-10(2)16-17/h3-6,8-9H,7,15H2,1-2H3. The molecule has 0 saturated heterocycles. The first kappa shape index (κ1) is 12.1. The minimum atomic E-state index is 0.117. The summed E-state index contributed by atoms with van der Waals surface area (Å²) in [6.45, 7) is 3.96. The summed E-state index contributed by atoms with van der Waals surface area (Å²) in [6.07, 6.45) is 2.75. The van der Waals surface area contributed by atoms with Crippen molar-refractivity contribution in [2.75, 3.05) is 0 Å². The van der Waals surface area contributed by atoms with Crippen LogP contribution >= 0.6 is 11.6 Å². The topological polar surface area (TPSA) is 43.8 Å². The van der Waals surface area contributed by atoms with Crippen LogP contribution in [0.4, 0.5) is 0 Å². The van der Waals surface area contributed by atoms with Crippen LogP contribution in [0.1, 0.15) is 18.2 Å². The normalized spacial score (nSPS) is 12.7. The van der Waals surface area contributed by atoms with Crippen LogP contribution in [0.5, 0.6) is 0 Å². The molecule has 0 aliphatic rings. The van der Waals surface area contributed by atoms with E-state index in [9.17, 15) is 0 Å². The van der Waals surface area contributed by atoms with E-state index < -0.39 is 0 Å². The lowest BCUT2D eigenvalue weighted by Crippen LogP contribution is -2.19. The van der Waals surface area contributed by atoms with Gasteiger partial charge in [0.25, 0.3) is 0 Å². The number of nitrogens with two attached hydrogens (primary N) is 1. The predicted octanol–water partition coefficient (Wildman–Crippen LogP) is 2.72. The maximum atomic E-state index is 6.04. The van der Waals surface area contributed by atoms with Crippen LogP contribution in [0.15, 0.2) is 30.5 Å². The maximum Gasteiger partial charge on any atom is 0.0693 e. The Labute approximate surface area is 106 Å². The lowest BCUT2D eigenvalue weighted by Gasteiger charge is -2.12. The second-order valence-corrected chi connectivity index (χ2v) is 4.79. The molecule has 2 aromatic rings. The van der Waals surface area contributed by atoms with Gasteiger partial charge in [-0.05, 0) is 44.0 Å². The van der Waals surface area contributed by atoms with E-state index in [4.69, 9.17) is 17.3 Å². The van der Waals surface area contributed by atoms with Crippen molar-refractivity contribution in [1.29, 1.82) is 0 Å². The Balaban J connectivity index is 2.46. The van der Waals surface area contributed by atoms with Crippen LogP contribution in [-0.2, 0) is 6.42 Å². The third kappa shape index (κ3) is 2.87. The first-order valence-electron chi connectivity index (χ1n) is 5.63. The third-order valence-electron chi connectivity index (χ3n) is 2.56. The largest absolute Gasteiger partial charge is 0.328 e.